The molecule has 4 heteroatoms. The number of fused-ring (bicyclic) bond motifs is 13. The molecule has 136 heavy (non-hydrogen) atoms. The molecule has 0 aliphatic heterocycles. The molecule has 2 heterocycles. The lowest BCUT2D eigenvalue weighted by atomic mass is 9.67. The van der Waals surface area contributed by atoms with Gasteiger partial charge in [-0.25, -0.2) is 0 Å². The SMILES string of the molecule is c1ccc(-c2ccc(-c3ccc(N(c4cccc(-c5ccc6oc7ccccc7c6c5)c4)c4cccc5c4-c4ccccc4C5(c4ccccc4)c4ccccc4)cc3)cc2)cc1.c1ccc(C2(c3ccccc3)c3ccccc3-c3c(-c4ccccc4N(c4ccc(-c5ccc(-c6ccc7ccccc7c6)cc5)cc4)c4cccc(-c5ccc6oc7ccccc7c6c5)c4)cccc32)cc1. The molecule has 0 atom stereocenters. The molecule has 0 spiro atoms. The van der Waals surface area contributed by atoms with Crippen LogP contribution in [0.2, 0.25) is 0 Å². The van der Waals surface area contributed by atoms with Crippen molar-refractivity contribution in [2.75, 3.05) is 9.80 Å². The molecule has 2 aromatic heterocycles. The normalized spacial score (nSPS) is 12.5. The number of benzene rings is 22. The summed E-state index contributed by atoms with van der Waals surface area (Å²) in [5.41, 5.74) is 40.6. The molecule has 638 valence electrons. The minimum Gasteiger partial charge on any atom is -0.456 e. The molecule has 22 aromatic carbocycles. The van der Waals surface area contributed by atoms with E-state index in [-0.39, 0.29) is 0 Å². The number of hydrogen-bond donors (Lipinski definition) is 0. The van der Waals surface area contributed by atoms with Gasteiger partial charge in [-0.3, -0.25) is 0 Å². The van der Waals surface area contributed by atoms with Crippen molar-refractivity contribution in [2.45, 2.75) is 10.8 Å². The van der Waals surface area contributed by atoms with Crippen LogP contribution in [0.15, 0.2) is 543 Å². The summed E-state index contributed by atoms with van der Waals surface area (Å²) in [6.45, 7) is 0. The lowest BCUT2D eigenvalue weighted by molar-refractivity contribution is 0.668. The average molecular weight is 1730 g/mol. The predicted molar refractivity (Wildman–Crippen MR) is 567 cm³/mol. The molecule has 0 saturated heterocycles. The van der Waals surface area contributed by atoms with Gasteiger partial charge in [0, 0.05) is 55.4 Å². The Morgan fingerprint density at radius 3 is 0.949 bits per heavy atom. The Balaban J connectivity index is 0.000000146. The van der Waals surface area contributed by atoms with Gasteiger partial charge in [-0.2, -0.15) is 0 Å². The number of nitrogens with zero attached hydrogens (tertiary/aromatic N) is 2. The maximum Gasteiger partial charge on any atom is 0.135 e. The van der Waals surface area contributed by atoms with Crippen molar-refractivity contribution in [1.29, 1.82) is 0 Å². The predicted octanol–water partition coefficient (Wildman–Crippen LogP) is 35.7. The van der Waals surface area contributed by atoms with Crippen molar-refractivity contribution in [3.63, 3.8) is 0 Å². The van der Waals surface area contributed by atoms with E-state index in [1.165, 1.54) is 122 Å². The van der Waals surface area contributed by atoms with E-state index in [1.807, 2.05) is 24.3 Å². The van der Waals surface area contributed by atoms with Crippen LogP contribution in [0.1, 0.15) is 44.5 Å². The van der Waals surface area contributed by atoms with Crippen molar-refractivity contribution >= 4 is 88.8 Å². The Morgan fingerprint density at radius 2 is 0.456 bits per heavy atom. The van der Waals surface area contributed by atoms with Crippen LogP contribution in [0, 0.1) is 0 Å². The van der Waals surface area contributed by atoms with Gasteiger partial charge in [-0.05, 0) is 247 Å². The van der Waals surface area contributed by atoms with Crippen LogP contribution in [0.4, 0.5) is 34.1 Å². The molecule has 4 nitrogen and oxygen atoms in total. The second-order valence-corrected chi connectivity index (χ2v) is 35.6. The van der Waals surface area contributed by atoms with Gasteiger partial charge >= 0.3 is 0 Å². The van der Waals surface area contributed by atoms with Gasteiger partial charge in [0.2, 0.25) is 0 Å². The Bertz CT molecular complexity index is 8540. The van der Waals surface area contributed by atoms with E-state index in [4.69, 9.17) is 8.83 Å². The van der Waals surface area contributed by atoms with Crippen LogP contribution in [0.25, 0.3) is 155 Å². The maximum atomic E-state index is 6.27. The third-order valence-corrected chi connectivity index (χ3v) is 28.1. The molecule has 0 saturated carbocycles. The van der Waals surface area contributed by atoms with E-state index >= 15 is 0 Å². The fourth-order valence-electron chi connectivity index (χ4n) is 21.9. The highest BCUT2D eigenvalue weighted by Crippen LogP contribution is 2.62. The molecular formula is C132H88N2O2. The first-order valence-corrected chi connectivity index (χ1v) is 46.8. The third kappa shape index (κ3) is 13.8. The first-order valence-electron chi connectivity index (χ1n) is 46.8. The zero-order valence-corrected chi connectivity index (χ0v) is 74.5. The Morgan fingerprint density at radius 1 is 0.154 bits per heavy atom. The molecule has 0 radical (unpaired) electrons. The molecule has 0 fully saturated rings. The minimum absolute atomic E-state index is 0.516. The molecule has 0 bridgehead atoms. The Kier molecular flexibility index (Phi) is 20.0. The van der Waals surface area contributed by atoms with Crippen LogP contribution in [-0.4, -0.2) is 0 Å². The quantitative estimate of drug-likeness (QED) is 0.0910. The molecule has 2 aliphatic rings. The lowest BCUT2D eigenvalue weighted by Gasteiger charge is -2.34. The summed E-state index contributed by atoms with van der Waals surface area (Å²) in [4.78, 5) is 4.90. The number of rotatable bonds is 17. The van der Waals surface area contributed by atoms with Gasteiger partial charge < -0.3 is 18.6 Å². The zero-order chi connectivity index (χ0) is 90.0. The van der Waals surface area contributed by atoms with Crippen molar-refractivity contribution in [1.82, 2.24) is 0 Å². The summed E-state index contributed by atoms with van der Waals surface area (Å²) in [5, 5.41) is 6.98. The molecule has 0 N–H and O–H groups in total. The van der Waals surface area contributed by atoms with Gasteiger partial charge in [-0.15, -0.1) is 0 Å². The molecule has 2 aliphatic carbocycles. The second kappa shape index (κ2) is 33.9. The van der Waals surface area contributed by atoms with Crippen molar-refractivity contribution < 1.29 is 8.83 Å². The average Bonchev–Trinajstić information content (AvgIpc) is 1.53. The van der Waals surface area contributed by atoms with Crippen molar-refractivity contribution in [3.8, 4) is 100 Å². The molecule has 26 rings (SSSR count). The zero-order valence-electron chi connectivity index (χ0n) is 74.5. The fourth-order valence-corrected chi connectivity index (χ4v) is 21.9. The van der Waals surface area contributed by atoms with E-state index in [2.05, 4.69) is 519 Å². The van der Waals surface area contributed by atoms with Crippen LogP contribution in [0.5, 0.6) is 0 Å². The Labute approximate surface area is 791 Å². The highest BCUT2D eigenvalue weighted by molar-refractivity contribution is 6.09. The smallest absolute Gasteiger partial charge is 0.135 e. The summed E-state index contributed by atoms with van der Waals surface area (Å²) in [6, 6.07) is 195. The van der Waals surface area contributed by atoms with Gasteiger partial charge in [0.1, 0.15) is 22.3 Å². The second-order valence-electron chi connectivity index (χ2n) is 35.6. The summed E-state index contributed by atoms with van der Waals surface area (Å²) >= 11 is 0. The maximum absolute atomic E-state index is 6.27. The number of anilines is 6. The van der Waals surface area contributed by atoms with Gasteiger partial charge in [0.25, 0.3) is 0 Å². The van der Waals surface area contributed by atoms with Crippen molar-refractivity contribution in [3.05, 3.63) is 578 Å². The van der Waals surface area contributed by atoms with E-state index in [0.717, 1.165) is 111 Å². The monoisotopic (exact) mass is 1730 g/mol. The fraction of sp³-hybridized carbons (Fsp3) is 0.0152. The molecule has 0 unspecified atom stereocenters. The van der Waals surface area contributed by atoms with Gasteiger partial charge in [0.15, 0.2) is 0 Å². The van der Waals surface area contributed by atoms with E-state index in [9.17, 15) is 0 Å². The largest absolute Gasteiger partial charge is 0.456 e. The molecule has 24 aromatic rings. The van der Waals surface area contributed by atoms with Gasteiger partial charge in [-0.1, -0.05) is 431 Å². The first kappa shape index (κ1) is 80.4. The summed E-state index contributed by atoms with van der Waals surface area (Å²) in [6.07, 6.45) is 0. The van der Waals surface area contributed by atoms with Crippen LogP contribution >= 0.6 is 0 Å². The summed E-state index contributed by atoms with van der Waals surface area (Å²) < 4.78 is 12.5. The van der Waals surface area contributed by atoms with Crippen LogP contribution < -0.4 is 9.80 Å². The number of furan rings is 2. The van der Waals surface area contributed by atoms with Gasteiger partial charge in [0.05, 0.1) is 22.2 Å². The molecular weight excluding hydrogens is 1650 g/mol. The van der Waals surface area contributed by atoms with E-state index < -0.39 is 10.8 Å². The lowest BCUT2D eigenvalue weighted by Crippen LogP contribution is -2.28. The summed E-state index contributed by atoms with van der Waals surface area (Å²) in [7, 11) is 0. The standard InChI is InChI=1S/C71H47NO.C61H41NO/c1-3-20-56(21-4-1)71(57-22-5-2-6-23-57)65-29-12-9-27-63(65)70-62(28-16-30-66(70)71)60-25-10-13-31-67(60)72(59-24-15-19-53(46-59)55-41-44-69-64(47-55)61-26-11-14-32-68(61)73-69)58-42-39-50(40-43-58)49-33-35-51(36-34-49)54-38-37-48-17-7-8-18-52(48)45-54;1-4-16-42(17-5-1)43-30-32-44(33-31-43)45-34-37-50(38-35-45)62(51-23-14-18-46(40-51)47-36-39-59-54(41-47)52-24-11-13-29-58(52)63-59)57-28-15-27-56-60(57)53-25-10-12-26-55(53)61(56,48-19-6-2-7-20-48)49-21-8-3-9-22-49/h1-47H;1-41H. The highest BCUT2D eigenvalue weighted by Gasteiger charge is 2.49. The van der Waals surface area contributed by atoms with E-state index in [0.29, 0.717) is 0 Å². The van der Waals surface area contributed by atoms with Crippen LogP contribution in [-0.2, 0) is 10.8 Å². The first-order chi connectivity index (χ1) is 67.4. The minimum atomic E-state index is -0.517. The number of para-hydroxylation sites is 3. The topological polar surface area (TPSA) is 32.8 Å². The third-order valence-electron chi connectivity index (χ3n) is 28.1. The Hall–Kier alpha value is -17.7. The molecule has 0 amide bonds. The van der Waals surface area contributed by atoms with Crippen molar-refractivity contribution in [2.24, 2.45) is 0 Å². The van der Waals surface area contributed by atoms with E-state index in [1.54, 1.807) is 0 Å². The highest BCUT2D eigenvalue weighted by atomic mass is 16.3. The van der Waals surface area contributed by atoms with Crippen LogP contribution in [0.3, 0.4) is 0 Å². The number of hydrogen-bond acceptors (Lipinski definition) is 4. The summed E-state index contributed by atoms with van der Waals surface area (Å²) in [5.74, 6) is 0.